The van der Waals surface area contributed by atoms with Crippen molar-refractivity contribution in [1.29, 1.82) is 0 Å². The predicted octanol–water partition coefficient (Wildman–Crippen LogP) is 2.98. The number of benzene rings is 1. The lowest BCUT2D eigenvalue weighted by Gasteiger charge is -2.39. The van der Waals surface area contributed by atoms with Crippen molar-refractivity contribution >= 4 is 11.6 Å². The van der Waals surface area contributed by atoms with E-state index in [2.05, 4.69) is 13.8 Å². The number of aryl methyl sites for hydroxylation is 1. The Kier molecular flexibility index (Phi) is 3.60. The summed E-state index contributed by atoms with van der Waals surface area (Å²) in [4.78, 5) is 14.6. The van der Waals surface area contributed by atoms with Gasteiger partial charge in [-0.2, -0.15) is 0 Å². The number of piperidine rings is 1. The fourth-order valence-electron chi connectivity index (χ4n) is 2.91. The van der Waals surface area contributed by atoms with Crippen LogP contribution in [0.15, 0.2) is 18.2 Å². The first-order chi connectivity index (χ1) is 8.49. The van der Waals surface area contributed by atoms with Gasteiger partial charge in [-0.25, -0.2) is 0 Å². The lowest BCUT2D eigenvalue weighted by atomic mass is 9.96. The van der Waals surface area contributed by atoms with Gasteiger partial charge in [-0.05, 0) is 63.8 Å². The van der Waals surface area contributed by atoms with Gasteiger partial charge in [0.2, 0.25) is 0 Å². The third kappa shape index (κ3) is 2.50. The molecule has 1 fully saturated rings. The summed E-state index contributed by atoms with van der Waals surface area (Å²) < 4.78 is 0. The fraction of sp³-hybridized carbons (Fsp3) is 0.533. The Labute approximate surface area is 109 Å². The zero-order valence-electron chi connectivity index (χ0n) is 11.4. The Morgan fingerprint density at radius 1 is 1.22 bits per heavy atom. The molecule has 2 N–H and O–H groups in total. The van der Waals surface area contributed by atoms with Crippen molar-refractivity contribution in [2.45, 2.75) is 52.1 Å². The van der Waals surface area contributed by atoms with Gasteiger partial charge in [0.15, 0.2) is 0 Å². The molecular formula is C15H22N2O. The van der Waals surface area contributed by atoms with E-state index >= 15 is 0 Å². The molecule has 1 aliphatic rings. The van der Waals surface area contributed by atoms with E-state index in [1.165, 1.54) is 6.42 Å². The van der Waals surface area contributed by atoms with E-state index in [9.17, 15) is 4.79 Å². The summed E-state index contributed by atoms with van der Waals surface area (Å²) >= 11 is 0. The molecule has 3 nitrogen and oxygen atoms in total. The maximum absolute atomic E-state index is 12.6. The summed E-state index contributed by atoms with van der Waals surface area (Å²) in [5.41, 5.74) is 8.24. The highest BCUT2D eigenvalue weighted by Gasteiger charge is 2.29. The summed E-state index contributed by atoms with van der Waals surface area (Å²) in [5, 5.41) is 0. The Morgan fingerprint density at radius 3 is 2.39 bits per heavy atom. The maximum Gasteiger partial charge on any atom is 0.254 e. The fourth-order valence-corrected chi connectivity index (χ4v) is 2.91. The molecule has 0 aliphatic carbocycles. The number of likely N-dealkylation sites (tertiary alicyclic amines) is 1. The smallest absolute Gasteiger partial charge is 0.254 e. The first-order valence-electron chi connectivity index (χ1n) is 6.69. The highest BCUT2D eigenvalue weighted by molar-refractivity contribution is 5.95. The summed E-state index contributed by atoms with van der Waals surface area (Å²) in [6.07, 6.45) is 3.40. The normalized spacial score (nSPS) is 24.1. The average Bonchev–Trinajstić information content (AvgIpc) is 2.27. The Morgan fingerprint density at radius 2 is 1.83 bits per heavy atom. The van der Waals surface area contributed by atoms with Gasteiger partial charge in [-0.15, -0.1) is 0 Å². The van der Waals surface area contributed by atoms with Crippen LogP contribution in [0, 0.1) is 6.92 Å². The lowest BCUT2D eigenvalue weighted by molar-refractivity contribution is 0.0510. The molecule has 1 aromatic carbocycles. The number of amides is 1. The molecule has 1 aliphatic heterocycles. The average molecular weight is 246 g/mol. The minimum Gasteiger partial charge on any atom is -0.399 e. The van der Waals surface area contributed by atoms with E-state index < -0.39 is 0 Å². The van der Waals surface area contributed by atoms with Crippen molar-refractivity contribution in [2.24, 2.45) is 0 Å². The minimum atomic E-state index is 0.116. The highest BCUT2D eigenvalue weighted by atomic mass is 16.2. The molecule has 0 saturated carbocycles. The van der Waals surface area contributed by atoms with Crippen LogP contribution >= 0.6 is 0 Å². The SMILES string of the molecule is Cc1cc(N)cc(C(=O)N2[C@H](C)CCC[C@@H]2C)c1. The Bertz CT molecular complexity index is 426. The second kappa shape index (κ2) is 5.01. The summed E-state index contributed by atoms with van der Waals surface area (Å²) in [7, 11) is 0. The monoisotopic (exact) mass is 246 g/mol. The van der Waals surface area contributed by atoms with Gasteiger partial charge in [0.25, 0.3) is 5.91 Å². The Balaban J connectivity index is 2.29. The molecule has 1 saturated heterocycles. The topological polar surface area (TPSA) is 46.3 Å². The van der Waals surface area contributed by atoms with Crippen LogP contribution in [0.4, 0.5) is 5.69 Å². The molecule has 2 atom stereocenters. The molecule has 0 bridgehead atoms. The van der Waals surface area contributed by atoms with E-state index in [0.717, 1.165) is 18.4 Å². The zero-order chi connectivity index (χ0) is 13.3. The quantitative estimate of drug-likeness (QED) is 0.774. The van der Waals surface area contributed by atoms with Crippen LogP contribution in [0.5, 0.6) is 0 Å². The first-order valence-corrected chi connectivity index (χ1v) is 6.69. The van der Waals surface area contributed by atoms with Crippen LogP contribution in [0.3, 0.4) is 0 Å². The number of hydrogen-bond donors (Lipinski definition) is 1. The van der Waals surface area contributed by atoms with Gasteiger partial charge in [0.1, 0.15) is 0 Å². The molecule has 2 rings (SSSR count). The van der Waals surface area contributed by atoms with Crippen LogP contribution < -0.4 is 5.73 Å². The molecule has 18 heavy (non-hydrogen) atoms. The van der Waals surface area contributed by atoms with Crippen molar-refractivity contribution in [3.63, 3.8) is 0 Å². The second-order valence-electron chi connectivity index (χ2n) is 5.47. The van der Waals surface area contributed by atoms with Crippen molar-refractivity contribution in [3.8, 4) is 0 Å². The highest BCUT2D eigenvalue weighted by Crippen LogP contribution is 2.25. The van der Waals surface area contributed by atoms with Gasteiger partial charge in [0.05, 0.1) is 0 Å². The van der Waals surface area contributed by atoms with Crippen molar-refractivity contribution in [3.05, 3.63) is 29.3 Å². The van der Waals surface area contributed by atoms with Crippen LogP contribution in [0.1, 0.15) is 49.0 Å². The van der Waals surface area contributed by atoms with E-state index in [1.54, 1.807) is 6.07 Å². The molecule has 0 radical (unpaired) electrons. The molecule has 1 aromatic rings. The largest absolute Gasteiger partial charge is 0.399 e. The molecule has 98 valence electrons. The number of rotatable bonds is 1. The van der Waals surface area contributed by atoms with Crippen molar-refractivity contribution < 1.29 is 4.79 Å². The second-order valence-corrected chi connectivity index (χ2v) is 5.47. The van der Waals surface area contributed by atoms with Gasteiger partial charge < -0.3 is 10.6 Å². The van der Waals surface area contributed by atoms with Gasteiger partial charge in [0, 0.05) is 23.3 Å². The minimum absolute atomic E-state index is 0.116. The lowest BCUT2D eigenvalue weighted by Crippen LogP contribution is -2.47. The standard InChI is InChI=1S/C15H22N2O/c1-10-7-13(9-14(16)8-10)15(18)17-11(2)5-4-6-12(17)3/h7-9,11-12H,4-6,16H2,1-3H3/t11-,12+. The van der Waals surface area contributed by atoms with Crippen LogP contribution in [-0.4, -0.2) is 22.9 Å². The van der Waals surface area contributed by atoms with Crippen LogP contribution in [-0.2, 0) is 0 Å². The summed E-state index contributed by atoms with van der Waals surface area (Å²) in [6, 6.07) is 6.24. The van der Waals surface area contributed by atoms with E-state index in [4.69, 9.17) is 5.73 Å². The molecule has 1 heterocycles. The van der Waals surface area contributed by atoms with Crippen molar-refractivity contribution in [1.82, 2.24) is 4.90 Å². The predicted molar refractivity (Wildman–Crippen MR) is 74.5 cm³/mol. The molecular weight excluding hydrogens is 224 g/mol. The molecule has 1 amide bonds. The third-order valence-corrected chi connectivity index (χ3v) is 3.77. The summed E-state index contributed by atoms with van der Waals surface area (Å²) in [6.45, 7) is 6.23. The molecule has 0 aromatic heterocycles. The Hall–Kier alpha value is -1.51. The van der Waals surface area contributed by atoms with Crippen molar-refractivity contribution in [2.75, 3.05) is 5.73 Å². The number of carbonyl (C=O) groups is 1. The van der Waals surface area contributed by atoms with Gasteiger partial charge in [-0.3, -0.25) is 4.79 Å². The molecule has 0 spiro atoms. The number of nitrogens with zero attached hydrogens (tertiary/aromatic N) is 1. The zero-order valence-corrected chi connectivity index (χ0v) is 11.4. The number of carbonyl (C=O) groups excluding carboxylic acids is 1. The third-order valence-electron chi connectivity index (χ3n) is 3.77. The van der Waals surface area contributed by atoms with Gasteiger partial charge in [-0.1, -0.05) is 0 Å². The summed E-state index contributed by atoms with van der Waals surface area (Å²) in [5.74, 6) is 0.116. The van der Waals surface area contributed by atoms with E-state index in [0.29, 0.717) is 23.3 Å². The van der Waals surface area contributed by atoms with E-state index in [-0.39, 0.29) is 5.91 Å². The molecule has 0 unspecified atom stereocenters. The number of anilines is 1. The first kappa shape index (κ1) is 12.9. The molecule has 3 heteroatoms. The maximum atomic E-state index is 12.6. The number of nitrogen functional groups attached to an aromatic ring is 1. The number of nitrogens with two attached hydrogens (primary N) is 1. The van der Waals surface area contributed by atoms with Crippen LogP contribution in [0.2, 0.25) is 0 Å². The van der Waals surface area contributed by atoms with Gasteiger partial charge >= 0.3 is 0 Å². The van der Waals surface area contributed by atoms with Crippen LogP contribution in [0.25, 0.3) is 0 Å². The van der Waals surface area contributed by atoms with E-state index in [1.807, 2.05) is 24.0 Å². The number of hydrogen-bond acceptors (Lipinski definition) is 2.